The number of halogens is 1. The molecule has 0 aliphatic carbocycles. The molecule has 1 unspecified atom stereocenters. The Morgan fingerprint density at radius 1 is 1.47 bits per heavy atom. The zero-order valence-electron chi connectivity index (χ0n) is 10.8. The normalized spacial score (nSPS) is 20.2. The van der Waals surface area contributed by atoms with E-state index in [-0.39, 0.29) is 30.9 Å². The van der Waals surface area contributed by atoms with Gasteiger partial charge in [0.05, 0.1) is 12.6 Å². The second-order valence-electron chi connectivity index (χ2n) is 4.90. The maximum absolute atomic E-state index is 13.4. The molecule has 1 aromatic rings. The number of hydrogen-bond acceptors (Lipinski definition) is 3. The highest BCUT2D eigenvalue weighted by molar-refractivity contribution is 5.78. The third-order valence-electron chi connectivity index (χ3n) is 3.28. The molecule has 5 heteroatoms. The average molecular weight is 266 g/mol. The number of nitrogens with one attached hydrogen (secondary N) is 1. The molecular weight excluding hydrogens is 247 g/mol. The van der Waals surface area contributed by atoms with Crippen LogP contribution < -0.4 is 5.32 Å². The van der Waals surface area contributed by atoms with Gasteiger partial charge in [-0.3, -0.25) is 9.69 Å². The van der Waals surface area contributed by atoms with Crippen molar-refractivity contribution >= 4 is 5.91 Å². The Morgan fingerprint density at radius 2 is 2.26 bits per heavy atom. The predicted octanol–water partition coefficient (Wildman–Crippen LogP) is 0.899. The lowest BCUT2D eigenvalue weighted by atomic mass is 10.1. The Bertz CT molecular complexity index is 439. The van der Waals surface area contributed by atoms with Gasteiger partial charge in [0, 0.05) is 18.7 Å². The van der Waals surface area contributed by atoms with E-state index in [0.717, 1.165) is 19.4 Å². The first-order chi connectivity index (χ1) is 9.15. The predicted molar refractivity (Wildman–Crippen MR) is 69.9 cm³/mol. The third kappa shape index (κ3) is 4.29. The molecule has 1 heterocycles. The van der Waals surface area contributed by atoms with Gasteiger partial charge in [-0.25, -0.2) is 4.39 Å². The quantitative estimate of drug-likeness (QED) is 0.851. The van der Waals surface area contributed by atoms with Crippen molar-refractivity contribution in [2.45, 2.75) is 25.5 Å². The molecule has 19 heavy (non-hydrogen) atoms. The standard InChI is InChI=1S/C14H19FN2O2/c15-13-6-2-1-4-11(13)8-16-14(19)10-17-7-3-5-12(18)9-17/h1-2,4,6,12,18H,3,5,7-10H2,(H,16,19). The Morgan fingerprint density at radius 3 is 3.00 bits per heavy atom. The summed E-state index contributed by atoms with van der Waals surface area (Å²) in [4.78, 5) is 13.7. The van der Waals surface area contributed by atoms with Crippen molar-refractivity contribution in [2.24, 2.45) is 0 Å². The van der Waals surface area contributed by atoms with Crippen molar-refractivity contribution in [3.63, 3.8) is 0 Å². The lowest BCUT2D eigenvalue weighted by molar-refractivity contribution is -0.123. The summed E-state index contributed by atoms with van der Waals surface area (Å²) in [6.45, 7) is 1.81. The van der Waals surface area contributed by atoms with E-state index >= 15 is 0 Å². The molecule has 0 spiro atoms. The monoisotopic (exact) mass is 266 g/mol. The molecule has 1 fully saturated rings. The number of amides is 1. The summed E-state index contributed by atoms with van der Waals surface area (Å²) in [5, 5.41) is 12.2. The molecule has 2 N–H and O–H groups in total. The van der Waals surface area contributed by atoms with Gasteiger partial charge in [0.2, 0.25) is 5.91 Å². The molecule has 1 atom stereocenters. The van der Waals surface area contributed by atoms with E-state index in [1.165, 1.54) is 6.07 Å². The summed E-state index contributed by atoms with van der Waals surface area (Å²) in [6, 6.07) is 6.39. The summed E-state index contributed by atoms with van der Waals surface area (Å²) < 4.78 is 13.4. The van der Waals surface area contributed by atoms with Gasteiger partial charge in [0.15, 0.2) is 0 Å². The average Bonchev–Trinajstić information content (AvgIpc) is 2.38. The second kappa shape index (κ2) is 6.63. The van der Waals surface area contributed by atoms with Crippen LogP contribution in [0.15, 0.2) is 24.3 Å². The van der Waals surface area contributed by atoms with Gasteiger partial charge in [-0.15, -0.1) is 0 Å². The van der Waals surface area contributed by atoms with Crippen LogP contribution in [0.3, 0.4) is 0 Å². The molecule has 0 aromatic heterocycles. The fraction of sp³-hybridized carbons (Fsp3) is 0.500. The van der Waals surface area contributed by atoms with Gasteiger partial charge in [-0.2, -0.15) is 0 Å². The molecule has 0 radical (unpaired) electrons. The fourth-order valence-electron chi connectivity index (χ4n) is 2.27. The molecule has 1 amide bonds. The van der Waals surface area contributed by atoms with Crippen LogP contribution in [0.1, 0.15) is 18.4 Å². The zero-order chi connectivity index (χ0) is 13.7. The highest BCUT2D eigenvalue weighted by Gasteiger charge is 2.19. The lowest BCUT2D eigenvalue weighted by Crippen LogP contribution is -2.44. The maximum Gasteiger partial charge on any atom is 0.234 e. The Labute approximate surface area is 112 Å². The van der Waals surface area contributed by atoms with Crippen molar-refractivity contribution < 1.29 is 14.3 Å². The molecule has 1 aromatic carbocycles. The SMILES string of the molecule is O=C(CN1CCCC(O)C1)NCc1ccccc1F. The molecule has 104 valence electrons. The largest absolute Gasteiger partial charge is 0.392 e. The van der Waals surface area contributed by atoms with Crippen LogP contribution in [0.5, 0.6) is 0 Å². The lowest BCUT2D eigenvalue weighted by Gasteiger charge is -2.29. The van der Waals surface area contributed by atoms with Crippen LogP contribution in [0.2, 0.25) is 0 Å². The van der Waals surface area contributed by atoms with Gasteiger partial charge in [-0.05, 0) is 25.5 Å². The molecule has 0 bridgehead atoms. The van der Waals surface area contributed by atoms with Crippen molar-refractivity contribution in [3.05, 3.63) is 35.6 Å². The topological polar surface area (TPSA) is 52.6 Å². The molecule has 1 aliphatic rings. The highest BCUT2D eigenvalue weighted by atomic mass is 19.1. The van der Waals surface area contributed by atoms with Crippen LogP contribution >= 0.6 is 0 Å². The smallest absolute Gasteiger partial charge is 0.234 e. The van der Waals surface area contributed by atoms with Crippen molar-refractivity contribution in [3.8, 4) is 0 Å². The van der Waals surface area contributed by atoms with E-state index in [9.17, 15) is 14.3 Å². The minimum absolute atomic E-state index is 0.141. The number of nitrogens with zero attached hydrogens (tertiary/aromatic N) is 1. The molecule has 2 rings (SSSR count). The van der Waals surface area contributed by atoms with Gasteiger partial charge in [0.25, 0.3) is 0 Å². The van der Waals surface area contributed by atoms with Gasteiger partial charge in [0.1, 0.15) is 5.82 Å². The Hall–Kier alpha value is -1.46. The molecule has 0 saturated carbocycles. The summed E-state index contributed by atoms with van der Waals surface area (Å²) in [5.74, 6) is -0.450. The summed E-state index contributed by atoms with van der Waals surface area (Å²) in [6.07, 6.45) is 1.36. The minimum Gasteiger partial charge on any atom is -0.392 e. The Balaban J connectivity index is 1.77. The zero-order valence-corrected chi connectivity index (χ0v) is 10.8. The highest BCUT2D eigenvalue weighted by Crippen LogP contribution is 2.09. The first-order valence-electron chi connectivity index (χ1n) is 6.55. The summed E-state index contributed by atoms with van der Waals surface area (Å²) >= 11 is 0. The van der Waals surface area contributed by atoms with Crippen LogP contribution in [0, 0.1) is 5.82 Å². The van der Waals surface area contributed by atoms with E-state index in [4.69, 9.17) is 0 Å². The van der Waals surface area contributed by atoms with Crippen molar-refractivity contribution in [1.29, 1.82) is 0 Å². The number of rotatable bonds is 4. The molecule has 1 saturated heterocycles. The van der Waals surface area contributed by atoms with Crippen LogP contribution in [-0.4, -0.2) is 41.7 Å². The van der Waals surface area contributed by atoms with Gasteiger partial charge >= 0.3 is 0 Å². The second-order valence-corrected chi connectivity index (χ2v) is 4.90. The summed E-state index contributed by atoms with van der Waals surface area (Å²) in [7, 11) is 0. The summed E-state index contributed by atoms with van der Waals surface area (Å²) in [5.41, 5.74) is 0.481. The number of β-amino-alcohol motifs (C(OH)–C–C–N with tert-alkyl or cyclic N) is 1. The van der Waals surface area contributed by atoms with E-state index in [2.05, 4.69) is 5.32 Å². The minimum atomic E-state index is -0.340. The molecular formula is C14H19FN2O2. The number of aliphatic hydroxyl groups excluding tert-OH is 1. The van der Waals surface area contributed by atoms with E-state index in [0.29, 0.717) is 12.1 Å². The number of hydrogen-bond donors (Lipinski definition) is 2. The maximum atomic E-state index is 13.4. The van der Waals surface area contributed by atoms with Gasteiger partial charge < -0.3 is 10.4 Å². The van der Waals surface area contributed by atoms with Gasteiger partial charge in [-0.1, -0.05) is 18.2 Å². The molecule has 4 nitrogen and oxygen atoms in total. The van der Waals surface area contributed by atoms with Crippen LogP contribution in [0.4, 0.5) is 4.39 Å². The van der Waals surface area contributed by atoms with E-state index in [1.807, 2.05) is 4.90 Å². The molecule has 1 aliphatic heterocycles. The van der Waals surface area contributed by atoms with Crippen LogP contribution in [0.25, 0.3) is 0 Å². The number of carbonyl (C=O) groups is 1. The number of aliphatic hydroxyl groups is 1. The first kappa shape index (κ1) is 14.0. The van der Waals surface area contributed by atoms with Crippen molar-refractivity contribution in [2.75, 3.05) is 19.6 Å². The first-order valence-corrected chi connectivity index (χ1v) is 6.55. The van der Waals surface area contributed by atoms with E-state index < -0.39 is 0 Å². The van der Waals surface area contributed by atoms with Crippen molar-refractivity contribution in [1.82, 2.24) is 10.2 Å². The third-order valence-corrected chi connectivity index (χ3v) is 3.28. The fourth-order valence-corrected chi connectivity index (χ4v) is 2.27. The van der Waals surface area contributed by atoms with Crippen LogP contribution in [-0.2, 0) is 11.3 Å². The van der Waals surface area contributed by atoms with E-state index in [1.54, 1.807) is 18.2 Å². The Kier molecular flexibility index (Phi) is 4.87. The number of likely N-dealkylation sites (tertiary alicyclic amines) is 1. The number of benzene rings is 1. The number of piperidine rings is 1. The number of carbonyl (C=O) groups excluding carboxylic acids is 1.